The third-order valence-electron chi connectivity index (χ3n) is 3.07. The maximum absolute atomic E-state index is 11.2. The summed E-state index contributed by atoms with van der Waals surface area (Å²) in [4.78, 5) is 15.3. The highest BCUT2D eigenvalue weighted by Crippen LogP contribution is 2.17. The first-order chi connectivity index (χ1) is 8.20. The molecule has 1 aromatic carbocycles. The molecule has 0 unspecified atom stereocenters. The van der Waals surface area contributed by atoms with Crippen molar-refractivity contribution < 1.29 is 4.79 Å². The van der Waals surface area contributed by atoms with Gasteiger partial charge in [-0.15, -0.1) is 0 Å². The van der Waals surface area contributed by atoms with Gasteiger partial charge in [-0.1, -0.05) is 6.07 Å². The molecule has 88 valence electrons. The highest BCUT2D eigenvalue weighted by molar-refractivity contribution is 5.73. The number of carbonyl (C=O) groups excluding carboxylic acids is 1. The minimum absolute atomic E-state index is 0.135. The lowest BCUT2D eigenvalue weighted by atomic mass is 10.2. The summed E-state index contributed by atoms with van der Waals surface area (Å²) in [6.45, 7) is 4.77. The molecule has 0 radical (unpaired) electrons. The zero-order chi connectivity index (χ0) is 12.3. The second kappa shape index (κ2) is 4.88. The van der Waals surface area contributed by atoms with Crippen LogP contribution in [-0.4, -0.2) is 37.0 Å². The van der Waals surface area contributed by atoms with Crippen LogP contribution in [0.25, 0.3) is 0 Å². The number of nitriles is 1. The maximum Gasteiger partial charge on any atom is 0.219 e. The van der Waals surface area contributed by atoms with Gasteiger partial charge < -0.3 is 9.80 Å². The molecule has 0 aliphatic carbocycles. The normalized spacial score (nSPS) is 15.5. The molecular formula is C13H15N3O. The lowest BCUT2D eigenvalue weighted by molar-refractivity contribution is -0.129. The quantitative estimate of drug-likeness (QED) is 0.727. The Hall–Kier alpha value is -2.02. The number of hydrogen-bond donors (Lipinski definition) is 0. The van der Waals surface area contributed by atoms with Crippen molar-refractivity contribution in [3.8, 4) is 6.07 Å². The van der Waals surface area contributed by atoms with Gasteiger partial charge in [0.1, 0.15) is 0 Å². The Kier molecular flexibility index (Phi) is 3.29. The number of anilines is 1. The number of benzene rings is 1. The fourth-order valence-corrected chi connectivity index (χ4v) is 2.05. The van der Waals surface area contributed by atoms with Crippen LogP contribution in [-0.2, 0) is 4.79 Å². The van der Waals surface area contributed by atoms with E-state index in [1.54, 1.807) is 13.0 Å². The molecule has 4 heteroatoms. The zero-order valence-corrected chi connectivity index (χ0v) is 9.89. The van der Waals surface area contributed by atoms with Gasteiger partial charge in [-0.25, -0.2) is 0 Å². The largest absolute Gasteiger partial charge is 0.368 e. The first kappa shape index (κ1) is 11.5. The van der Waals surface area contributed by atoms with Crippen LogP contribution in [0.1, 0.15) is 12.5 Å². The molecule has 0 N–H and O–H groups in total. The topological polar surface area (TPSA) is 47.3 Å². The standard InChI is InChI=1S/C13H15N3O/c1-11(17)15-5-7-16(8-6-15)13-4-2-3-12(9-13)10-14/h2-4,9H,5-8H2,1H3. The highest BCUT2D eigenvalue weighted by atomic mass is 16.2. The summed E-state index contributed by atoms with van der Waals surface area (Å²) < 4.78 is 0. The van der Waals surface area contributed by atoms with Gasteiger partial charge >= 0.3 is 0 Å². The SMILES string of the molecule is CC(=O)N1CCN(c2cccc(C#N)c2)CC1. The molecule has 0 saturated carbocycles. The van der Waals surface area contributed by atoms with Crippen LogP contribution in [0.4, 0.5) is 5.69 Å². The van der Waals surface area contributed by atoms with Crippen molar-refractivity contribution >= 4 is 11.6 Å². The molecule has 0 bridgehead atoms. The van der Waals surface area contributed by atoms with Crippen molar-refractivity contribution in [1.29, 1.82) is 5.26 Å². The number of rotatable bonds is 1. The van der Waals surface area contributed by atoms with Crippen molar-refractivity contribution in [3.05, 3.63) is 29.8 Å². The average molecular weight is 229 g/mol. The Morgan fingerprint density at radius 2 is 2.00 bits per heavy atom. The fourth-order valence-electron chi connectivity index (χ4n) is 2.05. The highest BCUT2D eigenvalue weighted by Gasteiger charge is 2.18. The van der Waals surface area contributed by atoms with E-state index in [4.69, 9.17) is 5.26 Å². The van der Waals surface area contributed by atoms with Gasteiger partial charge in [0.15, 0.2) is 0 Å². The number of nitrogens with zero attached hydrogens (tertiary/aromatic N) is 3. The van der Waals surface area contributed by atoms with E-state index in [2.05, 4.69) is 11.0 Å². The van der Waals surface area contributed by atoms with E-state index in [0.29, 0.717) is 5.56 Å². The predicted octanol–water partition coefficient (Wildman–Crippen LogP) is 1.23. The molecule has 1 aliphatic rings. The first-order valence-electron chi connectivity index (χ1n) is 5.71. The van der Waals surface area contributed by atoms with Crippen LogP contribution in [0.5, 0.6) is 0 Å². The minimum Gasteiger partial charge on any atom is -0.368 e. The molecule has 0 spiro atoms. The third kappa shape index (κ3) is 2.56. The summed E-state index contributed by atoms with van der Waals surface area (Å²) >= 11 is 0. The van der Waals surface area contributed by atoms with Crippen molar-refractivity contribution in [2.75, 3.05) is 31.1 Å². The third-order valence-corrected chi connectivity index (χ3v) is 3.07. The van der Waals surface area contributed by atoms with Crippen LogP contribution in [0, 0.1) is 11.3 Å². The average Bonchev–Trinajstić information content (AvgIpc) is 2.39. The number of piperazine rings is 1. The van der Waals surface area contributed by atoms with E-state index < -0.39 is 0 Å². The Morgan fingerprint density at radius 3 is 2.59 bits per heavy atom. The number of hydrogen-bond acceptors (Lipinski definition) is 3. The number of carbonyl (C=O) groups is 1. The summed E-state index contributed by atoms with van der Waals surface area (Å²) in [6.07, 6.45) is 0. The molecule has 1 aliphatic heterocycles. The van der Waals surface area contributed by atoms with Gasteiger partial charge in [0.2, 0.25) is 5.91 Å². The predicted molar refractivity (Wildman–Crippen MR) is 65.6 cm³/mol. The van der Waals surface area contributed by atoms with Gasteiger partial charge in [-0.05, 0) is 18.2 Å². The molecular weight excluding hydrogens is 214 g/mol. The van der Waals surface area contributed by atoms with Gasteiger partial charge in [0.05, 0.1) is 11.6 Å². The molecule has 0 atom stereocenters. The monoisotopic (exact) mass is 229 g/mol. The maximum atomic E-state index is 11.2. The van der Waals surface area contributed by atoms with E-state index in [1.807, 2.05) is 23.1 Å². The summed E-state index contributed by atoms with van der Waals surface area (Å²) in [5.74, 6) is 0.135. The van der Waals surface area contributed by atoms with Crippen molar-refractivity contribution in [2.45, 2.75) is 6.92 Å². The molecule has 1 amide bonds. The smallest absolute Gasteiger partial charge is 0.219 e. The van der Waals surface area contributed by atoms with Crippen molar-refractivity contribution in [1.82, 2.24) is 4.90 Å². The van der Waals surface area contributed by atoms with Crippen LogP contribution in [0.3, 0.4) is 0 Å². The van der Waals surface area contributed by atoms with Gasteiger partial charge in [0, 0.05) is 38.8 Å². The van der Waals surface area contributed by atoms with Crippen LogP contribution in [0.2, 0.25) is 0 Å². The molecule has 1 fully saturated rings. The Bertz CT molecular complexity index is 456. The Labute approximate surface area is 101 Å². The lowest BCUT2D eigenvalue weighted by Crippen LogP contribution is -2.48. The van der Waals surface area contributed by atoms with E-state index in [-0.39, 0.29) is 5.91 Å². The van der Waals surface area contributed by atoms with Crippen molar-refractivity contribution in [2.24, 2.45) is 0 Å². The zero-order valence-electron chi connectivity index (χ0n) is 9.89. The van der Waals surface area contributed by atoms with E-state index >= 15 is 0 Å². The summed E-state index contributed by atoms with van der Waals surface area (Å²) in [5.41, 5.74) is 1.74. The second-order valence-corrected chi connectivity index (χ2v) is 4.16. The molecule has 1 heterocycles. The van der Waals surface area contributed by atoms with E-state index in [0.717, 1.165) is 31.9 Å². The van der Waals surface area contributed by atoms with Crippen LogP contribution < -0.4 is 4.90 Å². The molecule has 4 nitrogen and oxygen atoms in total. The fraction of sp³-hybridized carbons (Fsp3) is 0.385. The van der Waals surface area contributed by atoms with Gasteiger partial charge in [0.25, 0.3) is 0 Å². The van der Waals surface area contributed by atoms with Gasteiger partial charge in [-0.2, -0.15) is 5.26 Å². The molecule has 17 heavy (non-hydrogen) atoms. The van der Waals surface area contributed by atoms with Gasteiger partial charge in [-0.3, -0.25) is 4.79 Å². The first-order valence-corrected chi connectivity index (χ1v) is 5.71. The summed E-state index contributed by atoms with van der Waals surface area (Å²) in [6, 6.07) is 9.73. The summed E-state index contributed by atoms with van der Waals surface area (Å²) in [7, 11) is 0. The number of amides is 1. The molecule has 1 saturated heterocycles. The Balaban J connectivity index is 2.05. The molecule has 1 aromatic rings. The lowest BCUT2D eigenvalue weighted by Gasteiger charge is -2.35. The van der Waals surface area contributed by atoms with E-state index in [9.17, 15) is 4.79 Å². The van der Waals surface area contributed by atoms with Crippen LogP contribution >= 0.6 is 0 Å². The van der Waals surface area contributed by atoms with Crippen LogP contribution in [0.15, 0.2) is 24.3 Å². The summed E-state index contributed by atoms with van der Waals surface area (Å²) in [5, 5.41) is 8.85. The second-order valence-electron chi connectivity index (χ2n) is 4.16. The van der Waals surface area contributed by atoms with E-state index in [1.165, 1.54) is 0 Å². The molecule has 2 rings (SSSR count). The Morgan fingerprint density at radius 1 is 1.29 bits per heavy atom. The molecule has 0 aromatic heterocycles. The van der Waals surface area contributed by atoms with Crippen molar-refractivity contribution in [3.63, 3.8) is 0 Å². The minimum atomic E-state index is 0.135.